The Morgan fingerprint density at radius 3 is 2.36 bits per heavy atom. The number of hydrogen-bond acceptors (Lipinski definition) is 4. The minimum atomic E-state index is -0.440. The highest BCUT2D eigenvalue weighted by molar-refractivity contribution is 5.79. The minimum absolute atomic E-state index is 0.171. The number of hydrogen-bond donors (Lipinski definition) is 3. The molecule has 0 aliphatic carbocycles. The second-order valence-corrected chi connectivity index (χ2v) is 7.90. The van der Waals surface area contributed by atoms with Crippen LogP contribution >= 0.6 is 0 Å². The molecule has 4 nitrogen and oxygen atoms in total. The van der Waals surface area contributed by atoms with Gasteiger partial charge in [-0.15, -0.1) is 0 Å². The maximum Gasteiger partial charge on any atom is 0.0790 e. The Kier molecular flexibility index (Phi) is 10.5. The summed E-state index contributed by atoms with van der Waals surface area (Å²) in [6.07, 6.45) is 10.0. The van der Waals surface area contributed by atoms with Crippen LogP contribution in [0.25, 0.3) is 10.9 Å². The van der Waals surface area contributed by atoms with E-state index < -0.39 is 12.2 Å². The van der Waals surface area contributed by atoms with Crippen LogP contribution in [0.4, 0.5) is 0 Å². The third-order valence-corrected chi connectivity index (χ3v) is 5.38. The molecule has 2 aromatic rings. The second kappa shape index (κ2) is 12.9. The van der Waals surface area contributed by atoms with Gasteiger partial charge in [-0.05, 0) is 43.4 Å². The summed E-state index contributed by atoms with van der Waals surface area (Å²) in [5.74, 6) is 0. The number of nitrogens with zero attached hydrogens (tertiary/aromatic N) is 1. The molecular formula is C24H37NO3. The number of pyridine rings is 1. The first-order valence-corrected chi connectivity index (χ1v) is 11.0. The predicted octanol–water partition coefficient (Wildman–Crippen LogP) is 5.08. The van der Waals surface area contributed by atoms with Gasteiger partial charge in [-0.2, -0.15) is 0 Å². The molecule has 2 unspecified atom stereocenters. The van der Waals surface area contributed by atoms with Crippen molar-refractivity contribution < 1.29 is 15.3 Å². The van der Waals surface area contributed by atoms with E-state index in [1.54, 1.807) is 0 Å². The van der Waals surface area contributed by atoms with E-state index in [9.17, 15) is 10.2 Å². The third kappa shape index (κ3) is 7.86. The van der Waals surface area contributed by atoms with E-state index in [4.69, 9.17) is 10.1 Å². The van der Waals surface area contributed by atoms with Crippen LogP contribution in [0.3, 0.4) is 0 Å². The zero-order chi connectivity index (χ0) is 20.2. The van der Waals surface area contributed by atoms with Crippen LogP contribution in [0.15, 0.2) is 30.3 Å². The first-order chi connectivity index (χ1) is 13.6. The van der Waals surface area contributed by atoms with Crippen LogP contribution in [0.2, 0.25) is 0 Å². The van der Waals surface area contributed by atoms with Gasteiger partial charge in [0.15, 0.2) is 0 Å². The Labute approximate surface area is 169 Å². The fourth-order valence-electron chi connectivity index (χ4n) is 3.62. The number of rotatable bonds is 14. The minimum Gasteiger partial charge on any atom is -0.396 e. The van der Waals surface area contributed by atoms with E-state index in [1.807, 2.05) is 30.3 Å². The number of fused-ring (bicyclic) bond motifs is 1. The van der Waals surface area contributed by atoms with Crippen LogP contribution in [-0.4, -0.2) is 33.0 Å². The molecule has 1 aromatic heterocycles. The van der Waals surface area contributed by atoms with Crippen LogP contribution in [0.5, 0.6) is 0 Å². The number of aromatic nitrogens is 1. The van der Waals surface area contributed by atoms with Gasteiger partial charge in [-0.3, -0.25) is 4.98 Å². The van der Waals surface area contributed by atoms with E-state index in [0.29, 0.717) is 12.8 Å². The number of aliphatic hydroxyl groups excluding tert-OH is 3. The Bertz CT molecular complexity index is 689. The van der Waals surface area contributed by atoms with E-state index in [0.717, 1.165) is 47.8 Å². The molecule has 0 radical (unpaired) electrons. The van der Waals surface area contributed by atoms with Crippen molar-refractivity contribution in [2.75, 3.05) is 6.61 Å². The SMILES string of the molecule is CCCCCCCCC(O)c1ccc2ccc(CC(O)CCCCO)nc2c1. The summed E-state index contributed by atoms with van der Waals surface area (Å²) in [6, 6.07) is 9.99. The smallest absolute Gasteiger partial charge is 0.0790 e. The summed E-state index contributed by atoms with van der Waals surface area (Å²) < 4.78 is 0. The van der Waals surface area contributed by atoms with Crippen LogP contribution in [-0.2, 0) is 6.42 Å². The molecule has 2 rings (SSSR count). The van der Waals surface area contributed by atoms with E-state index in [1.165, 1.54) is 32.1 Å². The molecule has 0 saturated heterocycles. The van der Waals surface area contributed by atoms with Crippen molar-refractivity contribution in [3.05, 3.63) is 41.6 Å². The van der Waals surface area contributed by atoms with E-state index >= 15 is 0 Å². The molecule has 0 bridgehead atoms. The first kappa shape index (κ1) is 22.8. The van der Waals surface area contributed by atoms with Gasteiger partial charge in [0.2, 0.25) is 0 Å². The van der Waals surface area contributed by atoms with Crippen LogP contribution in [0.1, 0.15) is 88.5 Å². The summed E-state index contributed by atoms with van der Waals surface area (Å²) in [6.45, 7) is 2.39. The van der Waals surface area contributed by atoms with Gasteiger partial charge in [0.25, 0.3) is 0 Å². The average Bonchev–Trinajstić information content (AvgIpc) is 2.70. The van der Waals surface area contributed by atoms with Gasteiger partial charge in [-0.1, -0.05) is 63.6 Å². The molecular weight excluding hydrogens is 350 g/mol. The van der Waals surface area contributed by atoms with Crippen molar-refractivity contribution in [3.8, 4) is 0 Å². The van der Waals surface area contributed by atoms with Crippen molar-refractivity contribution in [1.82, 2.24) is 4.98 Å². The number of aliphatic hydroxyl groups is 3. The van der Waals surface area contributed by atoms with Crippen molar-refractivity contribution in [2.45, 2.75) is 89.8 Å². The maximum atomic E-state index is 10.5. The van der Waals surface area contributed by atoms with Gasteiger partial charge in [0, 0.05) is 24.1 Å². The normalized spacial score (nSPS) is 13.7. The lowest BCUT2D eigenvalue weighted by atomic mass is 10.00. The summed E-state index contributed by atoms with van der Waals surface area (Å²) in [7, 11) is 0. The topological polar surface area (TPSA) is 73.6 Å². The summed E-state index contributed by atoms with van der Waals surface area (Å²) in [5, 5.41) is 30.6. The van der Waals surface area contributed by atoms with Gasteiger partial charge in [0.05, 0.1) is 17.7 Å². The van der Waals surface area contributed by atoms with Gasteiger partial charge >= 0.3 is 0 Å². The summed E-state index contributed by atoms with van der Waals surface area (Å²) >= 11 is 0. The molecule has 2 atom stereocenters. The third-order valence-electron chi connectivity index (χ3n) is 5.38. The summed E-state index contributed by atoms with van der Waals surface area (Å²) in [5.41, 5.74) is 2.67. The summed E-state index contributed by atoms with van der Waals surface area (Å²) in [4.78, 5) is 4.70. The Balaban J connectivity index is 1.91. The predicted molar refractivity (Wildman–Crippen MR) is 115 cm³/mol. The lowest BCUT2D eigenvalue weighted by Gasteiger charge is -2.13. The number of unbranched alkanes of at least 4 members (excludes halogenated alkanes) is 6. The van der Waals surface area contributed by atoms with Gasteiger partial charge in [0.1, 0.15) is 0 Å². The van der Waals surface area contributed by atoms with Crippen molar-refractivity contribution in [1.29, 1.82) is 0 Å². The van der Waals surface area contributed by atoms with Crippen molar-refractivity contribution in [3.63, 3.8) is 0 Å². The second-order valence-electron chi connectivity index (χ2n) is 7.90. The zero-order valence-corrected chi connectivity index (χ0v) is 17.3. The quantitative estimate of drug-likeness (QED) is 0.395. The molecule has 0 saturated carbocycles. The molecule has 1 aromatic carbocycles. The first-order valence-electron chi connectivity index (χ1n) is 11.0. The number of benzene rings is 1. The highest BCUT2D eigenvalue weighted by Crippen LogP contribution is 2.24. The molecule has 3 N–H and O–H groups in total. The van der Waals surface area contributed by atoms with Crippen LogP contribution in [0, 0.1) is 0 Å². The fraction of sp³-hybridized carbons (Fsp3) is 0.625. The van der Waals surface area contributed by atoms with Crippen LogP contribution < -0.4 is 0 Å². The monoisotopic (exact) mass is 387 g/mol. The maximum absolute atomic E-state index is 10.5. The molecule has 156 valence electrons. The molecule has 0 fully saturated rings. The van der Waals surface area contributed by atoms with E-state index in [-0.39, 0.29) is 6.61 Å². The lowest BCUT2D eigenvalue weighted by Crippen LogP contribution is -2.11. The molecule has 0 spiro atoms. The Morgan fingerprint density at radius 1 is 0.857 bits per heavy atom. The Hall–Kier alpha value is -1.49. The molecule has 0 amide bonds. The molecule has 4 heteroatoms. The molecule has 1 heterocycles. The highest BCUT2D eigenvalue weighted by atomic mass is 16.3. The van der Waals surface area contributed by atoms with Crippen molar-refractivity contribution >= 4 is 10.9 Å². The fourth-order valence-corrected chi connectivity index (χ4v) is 3.62. The van der Waals surface area contributed by atoms with Gasteiger partial charge in [-0.25, -0.2) is 0 Å². The Morgan fingerprint density at radius 2 is 1.57 bits per heavy atom. The molecule has 0 aliphatic heterocycles. The molecule has 28 heavy (non-hydrogen) atoms. The largest absolute Gasteiger partial charge is 0.396 e. The average molecular weight is 388 g/mol. The van der Waals surface area contributed by atoms with Crippen molar-refractivity contribution in [2.24, 2.45) is 0 Å². The standard InChI is InChI=1S/C24H37NO3/c1-2-3-4-5-6-7-11-24(28)20-13-12-19-14-15-21(25-23(19)17-20)18-22(27)10-8-9-16-26/h12-15,17,22,24,26-28H,2-11,16,18H2,1H3. The molecule has 0 aliphatic rings. The van der Waals surface area contributed by atoms with E-state index in [2.05, 4.69) is 6.92 Å². The van der Waals surface area contributed by atoms with Gasteiger partial charge < -0.3 is 15.3 Å². The highest BCUT2D eigenvalue weighted by Gasteiger charge is 2.11. The lowest BCUT2D eigenvalue weighted by molar-refractivity contribution is 0.156. The zero-order valence-electron chi connectivity index (χ0n) is 17.3.